The van der Waals surface area contributed by atoms with Crippen LogP contribution in [0.5, 0.6) is 28.7 Å². The third-order valence-corrected chi connectivity index (χ3v) is 7.59. The summed E-state index contributed by atoms with van der Waals surface area (Å²) in [5.74, 6) is 2.50. The summed E-state index contributed by atoms with van der Waals surface area (Å²) in [6, 6.07) is 18.6. The highest BCUT2D eigenvalue weighted by atomic mass is 16.5. The minimum atomic E-state index is -0.409. The van der Waals surface area contributed by atoms with Gasteiger partial charge in [-0.3, -0.25) is 9.59 Å². The molecule has 0 saturated heterocycles. The van der Waals surface area contributed by atoms with Crippen LogP contribution in [-0.4, -0.2) is 32.1 Å². The zero-order chi connectivity index (χ0) is 27.9. The molecule has 0 bridgehead atoms. The van der Waals surface area contributed by atoms with Gasteiger partial charge in [-0.15, -0.1) is 0 Å². The van der Waals surface area contributed by atoms with E-state index in [9.17, 15) is 9.59 Å². The molecule has 41 heavy (non-hydrogen) atoms. The molecular formula is C33H26O8. The van der Waals surface area contributed by atoms with E-state index in [1.165, 1.54) is 17.4 Å². The first-order valence-electron chi connectivity index (χ1n) is 13.5. The third-order valence-electron chi connectivity index (χ3n) is 7.59. The molecule has 7 rings (SSSR count). The van der Waals surface area contributed by atoms with Crippen LogP contribution in [0, 0.1) is 0 Å². The minimum Gasteiger partial charge on any atom is -0.493 e. The second kappa shape index (κ2) is 10.2. The van der Waals surface area contributed by atoms with Crippen molar-refractivity contribution in [2.24, 2.45) is 0 Å². The van der Waals surface area contributed by atoms with Gasteiger partial charge in [-0.1, -0.05) is 18.2 Å². The van der Waals surface area contributed by atoms with E-state index in [1.807, 2.05) is 24.3 Å². The highest BCUT2D eigenvalue weighted by Crippen LogP contribution is 2.49. The van der Waals surface area contributed by atoms with Gasteiger partial charge in [0, 0.05) is 30.4 Å². The van der Waals surface area contributed by atoms with Crippen LogP contribution < -0.4 is 23.7 Å². The first kappa shape index (κ1) is 25.0. The lowest BCUT2D eigenvalue weighted by Gasteiger charge is -2.26. The Labute approximate surface area is 236 Å². The van der Waals surface area contributed by atoms with Crippen LogP contribution in [0.1, 0.15) is 50.7 Å². The molecule has 206 valence electrons. The highest BCUT2D eigenvalue weighted by molar-refractivity contribution is 6.15. The average Bonchev–Trinajstić information content (AvgIpc) is 3.74. The van der Waals surface area contributed by atoms with Crippen LogP contribution in [0.25, 0.3) is 6.08 Å². The van der Waals surface area contributed by atoms with Gasteiger partial charge >= 0.3 is 5.97 Å². The van der Waals surface area contributed by atoms with Crippen LogP contribution in [-0.2, 0) is 17.6 Å². The number of Topliss-reactive ketones (excluding diaryl/α,β-unsaturated/α-hetero) is 1. The molecule has 4 heterocycles. The van der Waals surface area contributed by atoms with Gasteiger partial charge < -0.3 is 28.1 Å². The molecule has 0 spiro atoms. The third kappa shape index (κ3) is 4.61. The van der Waals surface area contributed by atoms with E-state index in [4.69, 9.17) is 28.1 Å². The Morgan fingerprint density at radius 2 is 1.88 bits per heavy atom. The number of esters is 1. The molecule has 3 aliphatic heterocycles. The van der Waals surface area contributed by atoms with Gasteiger partial charge in [0.2, 0.25) is 5.78 Å². The van der Waals surface area contributed by atoms with Gasteiger partial charge in [-0.05, 0) is 59.2 Å². The molecule has 8 nitrogen and oxygen atoms in total. The Kier molecular flexibility index (Phi) is 6.23. The van der Waals surface area contributed by atoms with Crippen LogP contribution in [0.3, 0.4) is 0 Å². The van der Waals surface area contributed by atoms with E-state index in [-0.39, 0.29) is 23.9 Å². The number of carbonyl (C=O) groups is 2. The molecule has 0 saturated carbocycles. The smallest absolute Gasteiger partial charge is 0.312 e. The fourth-order valence-electron chi connectivity index (χ4n) is 5.59. The molecular weight excluding hydrogens is 524 g/mol. The monoisotopic (exact) mass is 550 g/mol. The number of rotatable bonds is 7. The van der Waals surface area contributed by atoms with Crippen molar-refractivity contribution >= 4 is 17.8 Å². The number of carbonyl (C=O) groups excluding carboxylic acids is 2. The standard InChI is InChI=1S/C33H26O8/c1-36-28-16-20(5-8-26(28)39-13-10-19-4-7-25-21(15-19)11-14-38-25)24-18-30(34)40-27-9-6-23-32(35)29(41-33(23)31(24)27)17-22-3-2-12-37-22/h2-9,12,15-17,24H,10-11,13-14,18H2,1H3. The van der Waals surface area contributed by atoms with Gasteiger partial charge in [0.25, 0.3) is 0 Å². The number of hydrogen-bond donors (Lipinski definition) is 0. The molecule has 0 radical (unpaired) electrons. The summed E-state index contributed by atoms with van der Waals surface area (Å²) in [6.45, 7) is 1.21. The summed E-state index contributed by atoms with van der Waals surface area (Å²) in [5.41, 5.74) is 4.30. The molecule has 3 aromatic carbocycles. The molecule has 1 unspecified atom stereocenters. The van der Waals surface area contributed by atoms with Crippen LogP contribution >= 0.6 is 0 Å². The van der Waals surface area contributed by atoms with E-state index in [2.05, 4.69) is 12.1 Å². The van der Waals surface area contributed by atoms with Crippen molar-refractivity contribution in [3.05, 3.63) is 106 Å². The summed E-state index contributed by atoms with van der Waals surface area (Å²) in [5, 5.41) is 0. The number of methoxy groups -OCH3 is 1. The number of furan rings is 1. The van der Waals surface area contributed by atoms with Crippen molar-refractivity contribution < 1.29 is 37.7 Å². The Balaban J connectivity index is 1.15. The van der Waals surface area contributed by atoms with Crippen molar-refractivity contribution in [2.75, 3.05) is 20.3 Å². The Bertz CT molecular complexity index is 1700. The van der Waals surface area contributed by atoms with Gasteiger partial charge in [0.1, 0.15) is 23.0 Å². The fourth-order valence-corrected chi connectivity index (χ4v) is 5.59. The minimum absolute atomic E-state index is 0.0869. The lowest BCUT2D eigenvalue weighted by molar-refractivity contribution is -0.135. The lowest BCUT2D eigenvalue weighted by Crippen LogP contribution is -2.21. The summed E-state index contributed by atoms with van der Waals surface area (Å²) in [7, 11) is 1.58. The molecule has 0 amide bonds. The zero-order valence-electron chi connectivity index (χ0n) is 22.3. The second-order valence-electron chi connectivity index (χ2n) is 10.1. The van der Waals surface area contributed by atoms with E-state index in [0.29, 0.717) is 46.5 Å². The van der Waals surface area contributed by atoms with E-state index >= 15 is 0 Å². The number of ether oxygens (including phenoxy) is 5. The fraction of sp³-hybridized carbons (Fsp3) is 0.212. The SMILES string of the molecule is COc1cc(C2CC(=O)Oc3ccc4c(c32)OC(=Cc2ccco2)C4=O)ccc1OCCc1ccc2c(c1)CCO2. The Hall–Kier alpha value is -4.98. The second-order valence-corrected chi connectivity index (χ2v) is 10.1. The highest BCUT2D eigenvalue weighted by Gasteiger charge is 2.39. The van der Waals surface area contributed by atoms with E-state index in [1.54, 1.807) is 37.5 Å². The quantitative estimate of drug-likeness (QED) is 0.160. The molecule has 1 atom stereocenters. The average molecular weight is 551 g/mol. The molecule has 3 aliphatic rings. The molecule has 0 N–H and O–H groups in total. The Morgan fingerprint density at radius 1 is 0.976 bits per heavy atom. The first-order chi connectivity index (χ1) is 20.1. The lowest BCUT2D eigenvalue weighted by atomic mass is 9.84. The number of fused-ring (bicyclic) bond motifs is 4. The van der Waals surface area contributed by atoms with Gasteiger partial charge in [0.05, 0.1) is 38.6 Å². The summed E-state index contributed by atoms with van der Waals surface area (Å²) in [6.07, 6.45) is 4.85. The largest absolute Gasteiger partial charge is 0.493 e. The van der Waals surface area contributed by atoms with Gasteiger partial charge in [0.15, 0.2) is 17.3 Å². The molecule has 1 aromatic heterocycles. The van der Waals surface area contributed by atoms with Crippen molar-refractivity contribution in [1.29, 1.82) is 0 Å². The van der Waals surface area contributed by atoms with Crippen molar-refractivity contribution in [2.45, 2.75) is 25.2 Å². The predicted octanol–water partition coefficient (Wildman–Crippen LogP) is 5.90. The summed E-state index contributed by atoms with van der Waals surface area (Å²) in [4.78, 5) is 25.7. The van der Waals surface area contributed by atoms with Crippen LogP contribution in [0.2, 0.25) is 0 Å². The Morgan fingerprint density at radius 3 is 2.73 bits per heavy atom. The summed E-state index contributed by atoms with van der Waals surface area (Å²) >= 11 is 0. The number of allylic oxidation sites excluding steroid dienone is 1. The molecule has 4 aromatic rings. The number of benzene rings is 3. The molecule has 8 heteroatoms. The van der Waals surface area contributed by atoms with Crippen molar-refractivity contribution in [3.8, 4) is 28.7 Å². The van der Waals surface area contributed by atoms with Crippen molar-refractivity contribution in [1.82, 2.24) is 0 Å². The number of ketones is 1. The van der Waals surface area contributed by atoms with Crippen LogP contribution in [0.15, 0.2) is 77.1 Å². The normalized spacial score (nSPS) is 17.8. The topological polar surface area (TPSA) is 93.4 Å². The van der Waals surface area contributed by atoms with E-state index < -0.39 is 5.92 Å². The van der Waals surface area contributed by atoms with Crippen molar-refractivity contribution in [3.63, 3.8) is 0 Å². The summed E-state index contributed by atoms with van der Waals surface area (Å²) < 4.78 is 34.4. The zero-order valence-corrected chi connectivity index (χ0v) is 22.3. The molecule has 0 aliphatic carbocycles. The molecule has 0 fully saturated rings. The maximum Gasteiger partial charge on any atom is 0.312 e. The maximum atomic E-state index is 13.1. The van der Waals surface area contributed by atoms with Crippen LogP contribution in [0.4, 0.5) is 0 Å². The predicted molar refractivity (Wildman–Crippen MR) is 148 cm³/mol. The maximum absolute atomic E-state index is 13.1. The van der Waals surface area contributed by atoms with E-state index in [0.717, 1.165) is 30.8 Å². The number of hydrogen-bond acceptors (Lipinski definition) is 8. The van der Waals surface area contributed by atoms with Gasteiger partial charge in [-0.25, -0.2) is 0 Å². The first-order valence-corrected chi connectivity index (χ1v) is 13.5. The van der Waals surface area contributed by atoms with Gasteiger partial charge in [-0.2, -0.15) is 0 Å².